The van der Waals surface area contributed by atoms with E-state index in [1.54, 1.807) is 25.4 Å². The van der Waals surface area contributed by atoms with E-state index in [9.17, 15) is 0 Å². The van der Waals surface area contributed by atoms with Crippen molar-refractivity contribution in [1.29, 1.82) is 5.26 Å². The molecule has 0 radical (unpaired) electrons. The number of methoxy groups -OCH3 is 1. The number of H-pyrrole nitrogens is 1. The van der Waals surface area contributed by atoms with Crippen molar-refractivity contribution in [1.82, 2.24) is 20.2 Å². The molecule has 4 aromatic rings. The molecule has 0 fully saturated rings. The van der Waals surface area contributed by atoms with Crippen molar-refractivity contribution >= 4 is 16.9 Å². The van der Waals surface area contributed by atoms with E-state index in [1.165, 1.54) is 0 Å². The standard InChI is InChI=1S/C20H16N6O/c1-27-16-7-5-13(6-8-16)11-22-19-17-12-23-26-20(17)25-18(24-19)15-4-2-3-14(9-15)10-21/h2-9,12H,11H2,1H3,(H2,22,23,24,25,26). The van der Waals surface area contributed by atoms with Crippen LogP contribution in [0.3, 0.4) is 0 Å². The van der Waals surface area contributed by atoms with Crippen LogP contribution in [0.1, 0.15) is 11.1 Å². The highest BCUT2D eigenvalue weighted by Gasteiger charge is 2.11. The first-order valence-corrected chi connectivity index (χ1v) is 8.35. The average Bonchev–Trinajstić information content (AvgIpc) is 3.21. The Labute approximate surface area is 155 Å². The summed E-state index contributed by atoms with van der Waals surface area (Å²) in [6, 6.07) is 17.2. The predicted molar refractivity (Wildman–Crippen MR) is 102 cm³/mol. The molecule has 132 valence electrons. The summed E-state index contributed by atoms with van der Waals surface area (Å²) in [5, 5.41) is 20.2. The topological polar surface area (TPSA) is 99.5 Å². The summed E-state index contributed by atoms with van der Waals surface area (Å²) >= 11 is 0. The second-order valence-corrected chi connectivity index (χ2v) is 5.92. The number of aromatic amines is 1. The molecule has 7 heteroatoms. The maximum Gasteiger partial charge on any atom is 0.164 e. The number of aromatic nitrogens is 4. The molecule has 0 saturated carbocycles. The van der Waals surface area contributed by atoms with Crippen LogP contribution in [0.25, 0.3) is 22.4 Å². The molecule has 2 N–H and O–H groups in total. The lowest BCUT2D eigenvalue weighted by molar-refractivity contribution is 0.414. The normalized spacial score (nSPS) is 10.5. The monoisotopic (exact) mass is 356 g/mol. The molecule has 0 aliphatic rings. The lowest BCUT2D eigenvalue weighted by Gasteiger charge is -2.09. The van der Waals surface area contributed by atoms with Gasteiger partial charge in [0.25, 0.3) is 0 Å². The number of nitrogens with zero attached hydrogens (tertiary/aromatic N) is 4. The fourth-order valence-corrected chi connectivity index (χ4v) is 2.76. The number of ether oxygens (including phenoxy) is 1. The van der Waals surface area contributed by atoms with Gasteiger partial charge in [-0.15, -0.1) is 0 Å². The van der Waals surface area contributed by atoms with Gasteiger partial charge in [0.15, 0.2) is 11.5 Å². The van der Waals surface area contributed by atoms with E-state index < -0.39 is 0 Å². The first kappa shape index (κ1) is 16.5. The minimum Gasteiger partial charge on any atom is -0.497 e. The molecule has 0 atom stereocenters. The van der Waals surface area contributed by atoms with Gasteiger partial charge in [-0.3, -0.25) is 5.10 Å². The lowest BCUT2D eigenvalue weighted by Crippen LogP contribution is -2.04. The zero-order valence-electron chi connectivity index (χ0n) is 14.6. The van der Waals surface area contributed by atoms with Crippen LogP contribution in [0.5, 0.6) is 5.75 Å². The number of hydrogen-bond donors (Lipinski definition) is 2. The number of fused-ring (bicyclic) bond motifs is 1. The third kappa shape index (κ3) is 3.41. The highest BCUT2D eigenvalue weighted by Crippen LogP contribution is 2.24. The Kier molecular flexibility index (Phi) is 4.37. The molecule has 27 heavy (non-hydrogen) atoms. The second-order valence-electron chi connectivity index (χ2n) is 5.92. The average molecular weight is 356 g/mol. The van der Waals surface area contributed by atoms with Gasteiger partial charge in [0, 0.05) is 12.1 Å². The highest BCUT2D eigenvalue weighted by molar-refractivity contribution is 5.87. The van der Waals surface area contributed by atoms with E-state index in [4.69, 9.17) is 10.00 Å². The van der Waals surface area contributed by atoms with Gasteiger partial charge in [0.2, 0.25) is 0 Å². The molecular weight excluding hydrogens is 340 g/mol. The SMILES string of the molecule is COc1ccc(CNc2nc(-c3cccc(C#N)c3)nc3[nH]ncc23)cc1. The minimum atomic E-state index is 0.529. The summed E-state index contributed by atoms with van der Waals surface area (Å²) in [6.45, 7) is 0.596. The highest BCUT2D eigenvalue weighted by atomic mass is 16.5. The maximum absolute atomic E-state index is 9.12. The van der Waals surface area contributed by atoms with E-state index in [0.29, 0.717) is 29.4 Å². The molecule has 0 spiro atoms. The third-order valence-corrected chi connectivity index (χ3v) is 4.18. The van der Waals surface area contributed by atoms with Crippen molar-refractivity contribution in [3.63, 3.8) is 0 Å². The fraction of sp³-hybridized carbons (Fsp3) is 0.100. The van der Waals surface area contributed by atoms with Crippen LogP contribution in [0, 0.1) is 11.3 Å². The first-order valence-electron chi connectivity index (χ1n) is 8.35. The van der Waals surface area contributed by atoms with Gasteiger partial charge < -0.3 is 10.1 Å². The molecule has 4 rings (SSSR count). The number of benzene rings is 2. The van der Waals surface area contributed by atoms with Crippen LogP contribution in [-0.4, -0.2) is 27.3 Å². The summed E-state index contributed by atoms with van der Waals surface area (Å²) in [6.07, 6.45) is 1.70. The molecule has 2 heterocycles. The quantitative estimate of drug-likeness (QED) is 0.568. The van der Waals surface area contributed by atoms with Crippen LogP contribution < -0.4 is 10.1 Å². The van der Waals surface area contributed by atoms with Gasteiger partial charge in [0.05, 0.1) is 30.3 Å². The molecule has 2 aromatic carbocycles. The summed E-state index contributed by atoms with van der Waals surface area (Å²) in [7, 11) is 1.65. The molecule has 0 unspecified atom stereocenters. The number of nitrogens with one attached hydrogen (secondary N) is 2. The number of rotatable bonds is 5. The zero-order chi connectivity index (χ0) is 18.6. The third-order valence-electron chi connectivity index (χ3n) is 4.18. The van der Waals surface area contributed by atoms with Gasteiger partial charge >= 0.3 is 0 Å². The Morgan fingerprint density at radius 1 is 1.15 bits per heavy atom. The van der Waals surface area contributed by atoms with E-state index in [1.807, 2.05) is 36.4 Å². The summed E-state index contributed by atoms with van der Waals surface area (Å²) < 4.78 is 5.19. The molecule has 0 saturated heterocycles. The zero-order valence-corrected chi connectivity index (χ0v) is 14.6. The molecule has 2 aromatic heterocycles. The number of hydrogen-bond acceptors (Lipinski definition) is 6. The molecule has 0 aliphatic heterocycles. The van der Waals surface area contributed by atoms with Crippen molar-refractivity contribution < 1.29 is 4.74 Å². The molecule has 0 aliphatic carbocycles. The van der Waals surface area contributed by atoms with Crippen LogP contribution in [0.4, 0.5) is 5.82 Å². The Hall–Kier alpha value is -3.92. The van der Waals surface area contributed by atoms with Gasteiger partial charge in [-0.1, -0.05) is 24.3 Å². The van der Waals surface area contributed by atoms with Crippen molar-refractivity contribution in [2.24, 2.45) is 0 Å². The smallest absolute Gasteiger partial charge is 0.164 e. The molecular formula is C20H16N6O. The van der Waals surface area contributed by atoms with E-state index in [0.717, 1.165) is 22.3 Å². The maximum atomic E-state index is 9.12. The Morgan fingerprint density at radius 2 is 2.00 bits per heavy atom. The second kappa shape index (κ2) is 7.14. The van der Waals surface area contributed by atoms with Crippen molar-refractivity contribution in [2.75, 3.05) is 12.4 Å². The minimum absolute atomic E-state index is 0.529. The van der Waals surface area contributed by atoms with Crippen LogP contribution in [0.15, 0.2) is 54.7 Å². The number of anilines is 1. The fourth-order valence-electron chi connectivity index (χ4n) is 2.76. The first-order chi connectivity index (χ1) is 13.3. The van der Waals surface area contributed by atoms with Gasteiger partial charge in [-0.25, -0.2) is 9.97 Å². The molecule has 0 amide bonds. The van der Waals surface area contributed by atoms with E-state index in [-0.39, 0.29) is 0 Å². The number of nitriles is 1. The predicted octanol–water partition coefficient (Wildman–Crippen LogP) is 3.51. The summed E-state index contributed by atoms with van der Waals surface area (Å²) in [5.41, 5.74) is 3.07. The van der Waals surface area contributed by atoms with Crippen molar-refractivity contribution in [3.05, 3.63) is 65.9 Å². The molecule has 7 nitrogen and oxygen atoms in total. The van der Waals surface area contributed by atoms with Crippen molar-refractivity contribution in [2.45, 2.75) is 6.54 Å². The lowest BCUT2D eigenvalue weighted by atomic mass is 10.1. The van der Waals surface area contributed by atoms with Gasteiger partial charge in [0.1, 0.15) is 11.6 Å². The van der Waals surface area contributed by atoms with Crippen LogP contribution >= 0.6 is 0 Å². The summed E-state index contributed by atoms with van der Waals surface area (Å²) in [5.74, 6) is 2.03. The summed E-state index contributed by atoms with van der Waals surface area (Å²) in [4.78, 5) is 9.18. The van der Waals surface area contributed by atoms with E-state index in [2.05, 4.69) is 31.6 Å². The molecule has 0 bridgehead atoms. The Balaban J connectivity index is 1.67. The largest absolute Gasteiger partial charge is 0.497 e. The van der Waals surface area contributed by atoms with Gasteiger partial charge in [-0.2, -0.15) is 10.4 Å². The Bertz CT molecular complexity index is 1130. The van der Waals surface area contributed by atoms with Crippen LogP contribution in [0.2, 0.25) is 0 Å². The van der Waals surface area contributed by atoms with Gasteiger partial charge in [-0.05, 0) is 29.8 Å². The van der Waals surface area contributed by atoms with Crippen LogP contribution in [-0.2, 0) is 6.54 Å². The Morgan fingerprint density at radius 3 is 2.78 bits per heavy atom. The van der Waals surface area contributed by atoms with E-state index >= 15 is 0 Å². The van der Waals surface area contributed by atoms with Crippen molar-refractivity contribution in [3.8, 4) is 23.2 Å².